The monoisotopic (exact) mass is 518 g/mol. The minimum absolute atomic E-state index is 0.0931. The summed E-state index contributed by atoms with van der Waals surface area (Å²) in [5, 5.41) is 2.25. The minimum Gasteiger partial charge on any atom is -0.365 e. The highest BCUT2D eigenvalue weighted by Crippen LogP contribution is 2.36. The molecule has 0 spiro atoms. The largest absolute Gasteiger partial charge is 0.365 e. The third kappa shape index (κ3) is 5.43. The van der Waals surface area contributed by atoms with Gasteiger partial charge in [0.05, 0.1) is 23.1 Å². The van der Waals surface area contributed by atoms with Gasteiger partial charge in [0.25, 0.3) is 17.9 Å². The van der Waals surface area contributed by atoms with E-state index < -0.39 is 30.6 Å². The lowest BCUT2D eigenvalue weighted by atomic mass is 10.1. The summed E-state index contributed by atoms with van der Waals surface area (Å²) in [4.78, 5) is 39.6. The highest BCUT2D eigenvalue weighted by molar-refractivity contribution is 5.92. The van der Waals surface area contributed by atoms with Crippen molar-refractivity contribution in [2.75, 3.05) is 37.6 Å². The summed E-state index contributed by atoms with van der Waals surface area (Å²) in [5.74, 6) is -1.42. The van der Waals surface area contributed by atoms with Gasteiger partial charge in [0, 0.05) is 38.1 Å². The van der Waals surface area contributed by atoms with Gasteiger partial charge in [0.1, 0.15) is 17.3 Å². The summed E-state index contributed by atoms with van der Waals surface area (Å²) in [6.07, 6.45) is -0.0624. The third-order valence-electron chi connectivity index (χ3n) is 7.13. The van der Waals surface area contributed by atoms with E-state index in [0.29, 0.717) is 43.6 Å². The van der Waals surface area contributed by atoms with E-state index in [0.717, 1.165) is 19.3 Å². The number of aromatic nitrogens is 3. The molecular weight excluding hydrogens is 492 g/mol. The molecule has 37 heavy (non-hydrogen) atoms. The van der Waals surface area contributed by atoms with Crippen LogP contribution in [0.3, 0.4) is 0 Å². The van der Waals surface area contributed by atoms with Crippen molar-refractivity contribution in [1.82, 2.24) is 25.2 Å². The van der Waals surface area contributed by atoms with Gasteiger partial charge in [0.15, 0.2) is 0 Å². The molecule has 1 aliphatic heterocycles. The fraction of sp³-hybridized carbons (Fsp3) is 0.440. The van der Waals surface area contributed by atoms with Gasteiger partial charge in [-0.3, -0.25) is 14.5 Å². The Bertz CT molecular complexity index is 1360. The fourth-order valence-electron chi connectivity index (χ4n) is 5.24. The summed E-state index contributed by atoms with van der Waals surface area (Å²) in [6.45, 7) is 1.71. The zero-order chi connectivity index (χ0) is 26.1. The maximum atomic E-state index is 14.6. The molecule has 2 aromatic heterocycles. The molecule has 1 saturated heterocycles. The van der Waals surface area contributed by atoms with Gasteiger partial charge in [-0.05, 0) is 49.6 Å². The molecule has 1 aliphatic carbocycles. The van der Waals surface area contributed by atoms with Gasteiger partial charge in [-0.1, -0.05) is 0 Å². The maximum Gasteiger partial charge on any atom is 0.270 e. The molecule has 2 aliphatic rings. The van der Waals surface area contributed by atoms with Crippen molar-refractivity contribution in [2.45, 2.75) is 37.6 Å². The summed E-state index contributed by atoms with van der Waals surface area (Å²) in [6, 6.07) is 7.09. The number of aromatic amines is 1. The first-order valence-electron chi connectivity index (χ1n) is 12.2. The Kier molecular flexibility index (Phi) is 7.09. The zero-order valence-corrected chi connectivity index (χ0v) is 19.9. The van der Waals surface area contributed by atoms with Crippen molar-refractivity contribution in [3.63, 3.8) is 0 Å². The second kappa shape index (κ2) is 10.4. The number of fused-ring (bicyclic) bond motifs is 1. The van der Waals surface area contributed by atoms with E-state index in [1.54, 1.807) is 0 Å². The zero-order valence-electron chi connectivity index (χ0n) is 19.9. The molecule has 1 aromatic carbocycles. The van der Waals surface area contributed by atoms with Crippen LogP contribution in [0.5, 0.6) is 0 Å². The van der Waals surface area contributed by atoms with Crippen LogP contribution in [0.2, 0.25) is 0 Å². The first kappa shape index (κ1) is 25.1. The Balaban J connectivity index is 1.19. The molecule has 2 N–H and O–H groups in total. The number of piperazine rings is 1. The van der Waals surface area contributed by atoms with Crippen LogP contribution in [-0.4, -0.2) is 71.0 Å². The Hall–Kier alpha value is -3.54. The number of pyridine rings is 1. The molecule has 0 radical (unpaired) electrons. The first-order valence-corrected chi connectivity index (χ1v) is 12.2. The Morgan fingerprint density at radius 2 is 1.86 bits per heavy atom. The molecule has 2 unspecified atom stereocenters. The number of carbonyl (C=O) groups is 1. The number of rotatable bonds is 6. The van der Waals surface area contributed by atoms with E-state index in [1.807, 2.05) is 10.2 Å². The van der Waals surface area contributed by atoms with Crippen molar-refractivity contribution in [1.29, 1.82) is 0 Å². The topological polar surface area (TPSA) is 94.2 Å². The number of carbonyl (C=O) groups excluding carboxylic acids is 1. The molecular formula is C25H26F4N6O2. The first-order chi connectivity index (χ1) is 17.8. The molecule has 3 aromatic rings. The number of halogens is 4. The number of amides is 1. The number of hydrogen-bond acceptors (Lipinski definition) is 6. The molecule has 0 bridgehead atoms. The van der Waals surface area contributed by atoms with Crippen molar-refractivity contribution < 1.29 is 22.4 Å². The standard InChI is InChI=1S/C25H26F4N6O2/c26-15-2-4-18-17(12-15)24(36)33-23(32-18)14-1-3-16(11-14)34-7-9-35(10-8-34)20-6-5-19(31-22(20)29)25(37)30-13-21(27)28/h2,4-6,12,14,16,21H,1,3,7-11,13H2,(H,30,37)(H,32,33,36). The van der Waals surface area contributed by atoms with Crippen molar-refractivity contribution in [2.24, 2.45) is 0 Å². The predicted octanol–water partition coefficient (Wildman–Crippen LogP) is 3.05. The van der Waals surface area contributed by atoms with Crippen LogP contribution in [0.4, 0.5) is 23.2 Å². The van der Waals surface area contributed by atoms with Gasteiger partial charge in [0.2, 0.25) is 5.95 Å². The molecule has 2 atom stereocenters. The SMILES string of the molecule is O=C(NCC(F)F)c1ccc(N2CCN(C3CCC(c4nc5ccc(F)cc5c(=O)[nH]4)C3)CC2)c(F)n1. The second-order valence-corrected chi connectivity index (χ2v) is 9.41. The lowest BCUT2D eigenvalue weighted by Gasteiger charge is -2.39. The van der Waals surface area contributed by atoms with Crippen molar-refractivity contribution in [3.8, 4) is 0 Å². The molecule has 1 saturated carbocycles. The molecule has 3 heterocycles. The lowest BCUT2D eigenvalue weighted by molar-refractivity contribution is 0.0886. The maximum absolute atomic E-state index is 14.6. The van der Waals surface area contributed by atoms with Crippen LogP contribution in [-0.2, 0) is 0 Å². The average molecular weight is 519 g/mol. The van der Waals surface area contributed by atoms with Gasteiger partial charge in [-0.2, -0.15) is 4.39 Å². The van der Waals surface area contributed by atoms with E-state index >= 15 is 0 Å². The van der Waals surface area contributed by atoms with Gasteiger partial charge in [-0.15, -0.1) is 0 Å². The quantitative estimate of drug-likeness (QED) is 0.385. The number of H-pyrrole nitrogens is 1. The smallest absolute Gasteiger partial charge is 0.270 e. The molecule has 12 heteroatoms. The number of hydrogen-bond donors (Lipinski definition) is 2. The van der Waals surface area contributed by atoms with Crippen LogP contribution in [0.25, 0.3) is 10.9 Å². The number of nitrogens with one attached hydrogen (secondary N) is 2. The van der Waals surface area contributed by atoms with Gasteiger partial charge >= 0.3 is 0 Å². The van der Waals surface area contributed by atoms with Crippen molar-refractivity contribution >= 4 is 22.5 Å². The summed E-state index contributed by atoms with van der Waals surface area (Å²) in [7, 11) is 0. The number of benzene rings is 1. The van der Waals surface area contributed by atoms with E-state index in [9.17, 15) is 27.2 Å². The van der Waals surface area contributed by atoms with E-state index in [-0.39, 0.29) is 28.2 Å². The average Bonchev–Trinajstić information content (AvgIpc) is 3.38. The highest BCUT2D eigenvalue weighted by Gasteiger charge is 2.33. The molecule has 196 valence electrons. The minimum atomic E-state index is -2.70. The summed E-state index contributed by atoms with van der Waals surface area (Å²) in [5.41, 5.74) is 0.154. The van der Waals surface area contributed by atoms with Crippen LogP contribution < -0.4 is 15.8 Å². The van der Waals surface area contributed by atoms with E-state index in [1.165, 1.54) is 30.3 Å². The molecule has 1 amide bonds. The third-order valence-corrected chi connectivity index (χ3v) is 7.13. The summed E-state index contributed by atoms with van der Waals surface area (Å²) >= 11 is 0. The summed E-state index contributed by atoms with van der Waals surface area (Å²) < 4.78 is 52.7. The Labute approximate surface area is 209 Å². The predicted molar refractivity (Wildman–Crippen MR) is 129 cm³/mol. The van der Waals surface area contributed by atoms with E-state index in [4.69, 9.17) is 0 Å². The van der Waals surface area contributed by atoms with Crippen LogP contribution >= 0.6 is 0 Å². The Morgan fingerprint density at radius 1 is 1.08 bits per heavy atom. The molecule has 2 fully saturated rings. The van der Waals surface area contributed by atoms with E-state index in [2.05, 4.69) is 19.9 Å². The fourth-order valence-corrected chi connectivity index (χ4v) is 5.24. The number of nitrogens with zero attached hydrogens (tertiary/aromatic N) is 4. The Morgan fingerprint density at radius 3 is 2.59 bits per heavy atom. The van der Waals surface area contributed by atoms with Crippen molar-refractivity contribution in [3.05, 3.63) is 64.0 Å². The highest BCUT2D eigenvalue weighted by atomic mass is 19.3. The van der Waals surface area contributed by atoms with Gasteiger partial charge < -0.3 is 15.2 Å². The van der Waals surface area contributed by atoms with Crippen LogP contribution in [0.15, 0.2) is 35.1 Å². The number of alkyl halides is 2. The van der Waals surface area contributed by atoms with Crippen LogP contribution in [0.1, 0.15) is 41.5 Å². The second-order valence-electron chi connectivity index (χ2n) is 9.41. The normalized spacial score (nSPS) is 20.6. The van der Waals surface area contributed by atoms with Crippen LogP contribution in [0, 0.1) is 11.8 Å². The molecule has 8 nitrogen and oxygen atoms in total. The lowest BCUT2D eigenvalue weighted by Crippen LogP contribution is -2.50. The number of anilines is 1. The molecule has 5 rings (SSSR count). The van der Waals surface area contributed by atoms with Gasteiger partial charge in [-0.25, -0.2) is 23.1 Å².